The number of anilines is 1. The molecule has 1 N–H and O–H groups in total. The molecule has 2 rings (SSSR count). The van der Waals surface area contributed by atoms with Crippen LogP contribution in [-0.2, 0) is 11.0 Å². The van der Waals surface area contributed by atoms with Crippen LogP contribution in [0.4, 0.5) is 18.3 Å². The first-order valence-corrected chi connectivity index (χ1v) is 5.80. The van der Waals surface area contributed by atoms with Crippen LogP contribution in [0.25, 0.3) is 0 Å². The van der Waals surface area contributed by atoms with E-state index in [1.165, 1.54) is 4.90 Å². The Morgan fingerprint density at radius 3 is 2.82 bits per heavy atom. The molecule has 0 bridgehead atoms. The molecule has 0 aliphatic carbocycles. The van der Waals surface area contributed by atoms with Crippen LogP contribution in [0, 0.1) is 0 Å². The molecule has 94 valence electrons. The minimum Gasteiger partial charge on any atom is -0.480 e. The van der Waals surface area contributed by atoms with Crippen LogP contribution < -0.4 is 4.90 Å². The topological polar surface area (TPSA) is 53.4 Å². The summed E-state index contributed by atoms with van der Waals surface area (Å²) < 4.78 is 37.1. The summed E-state index contributed by atoms with van der Waals surface area (Å²) in [6, 6.07) is -0.762. The van der Waals surface area contributed by atoms with Gasteiger partial charge in [0.25, 0.3) is 0 Å². The van der Waals surface area contributed by atoms with Crippen LogP contribution in [0.5, 0.6) is 0 Å². The molecule has 2 heterocycles. The molecule has 0 spiro atoms. The van der Waals surface area contributed by atoms with E-state index in [1.807, 2.05) is 0 Å². The van der Waals surface area contributed by atoms with E-state index in [0.29, 0.717) is 19.4 Å². The number of nitrogens with zero attached hydrogens (tertiary/aromatic N) is 2. The lowest BCUT2D eigenvalue weighted by atomic mass is 10.2. The molecule has 1 fully saturated rings. The number of carboxylic acid groups (broad SMARTS) is 1. The highest BCUT2D eigenvalue weighted by molar-refractivity contribution is 7.13. The molecule has 17 heavy (non-hydrogen) atoms. The van der Waals surface area contributed by atoms with E-state index in [9.17, 15) is 18.0 Å². The van der Waals surface area contributed by atoms with Gasteiger partial charge in [0.1, 0.15) is 6.04 Å². The number of thiazole rings is 1. The van der Waals surface area contributed by atoms with Crippen molar-refractivity contribution in [1.82, 2.24) is 4.98 Å². The number of carboxylic acids is 1. The summed E-state index contributed by atoms with van der Waals surface area (Å²) in [5, 5.41) is 9.96. The number of carbonyl (C=O) groups is 1. The fourth-order valence-corrected chi connectivity index (χ4v) is 2.69. The van der Waals surface area contributed by atoms with Crippen LogP contribution >= 0.6 is 11.3 Å². The molecule has 1 aromatic heterocycles. The normalized spacial score (nSPS) is 20.9. The van der Waals surface area contributed by atoms with E-state index in [1.54, 1.807) is 0 Å². The second-order valence-corrected chi connectivity index (χ2v) is 4.54. The summed E-state index contributed by atoms with van der Waals surface area (Å²) in [7, 11) is 0. The third kappa shape index (κ3) is 2.36. The zero-order valence-electron chi connectivity index (χ0n) is 8.57. The molecule has 1 aliphatic rings. The van der Waals surface area contributed by atoms with Gasteiger partial charge in [0.15, 0.2) is 10.8 Å². The van der Waals surface area contributed by atoms with E-state index in [4.69, 9.17) is 5.11 Å². The number of aromatic nitrogens is 1. The summed E-state index contributed by atoms with van der Waals surface area (Å²) >= 11 is 0.826. The Hall–Kier alpha value is -1.31. The predicted molar refractivity (Wildman–Crippen MR) is 55.1 cm³/mol. The largest absolute Gasteiger partial charge is 0.480 e. The lowest BCUT2D eigenvalue weighted by molar-refractivity contribution is -0.140. The summed E-state index contributed by atoms with van der Waals surface area (Å²) in [6.07, 6.45) is -3.39. The van der Waals surface area contributed by atoms with Crippen molar-refractivity contribution in [2.45, 2.75) is 25.1 Å². The van der Waals surface area contributed by atoms with Crippen LogP contribution in [-0.4, -0.2) is 28.6 Å². The van der Waals surface area contributed by atoms with E-state index in [0.717, 1.165) is 16.7 Å². The Balaban J connectivity index is 2.23. The van der Waals surface area contributed by atoms with Crippen LogP contribution in [0.3, 0.4) is 0 Å². The maximum absolute atomic E-state index is 12.4. The summed E-state index contributed by atoms with van der Waals surface area (Å²) in [4.78, 5) is 15.8. The molecular weight excluding hydrogens is 257 g/mol. The first-order valence-electron chi connectivity index (χ1n) is 4.92. The van der Waals surface area contributed by atoms with Gasteiger partial charge in [-0.2, -0.15) is 13.2 Å². The molecule has 1 aliphatic heterocycles. The number of rotatable bonds is 2. The second kappa shape index (κ2) is 4.17. The monoisotopic (exact) mass is 266 g/mol. The van der Waals surface area contributed by atoms with Crippen molar-refractivity contribution in [2.24, 2.45) is 0 Å². The third-order valence-corrected chi connectivity index (χ3v) is 3.44. The van der Waals surface area contributed by atoms with Crippen molar-refractivity contribution in [1.29, 1.82) is 0 Å². The first kappa shape index (κ1) is 12.2. The van der Waals surface area contributed by atoms with E-state index >= 15 is 0 Å². The first-order chi connectivity index (χ1) is 7.89. The Morgan fingerprint density at radius 1 is 1.59 bits per heavy atom. The molecule has 1 atom stereocenters. The van der Waals surface area contributed by atoms with Gasteiger partial charge < -0.3 is 10.0 Å². The Kier molecular flexibility index (Phi) is 2.98. The standard InChI is InChI=1S/C9H9F3N2O2S/c10-9(11,12)6-4-17-8(13-6)14-3-1-2-5(14)7(15)16/h4-5H,1-3H2,(H,15,16)/t5-/m1/s1. The quantitative estimate of drug-likeness (QED) is 0.891. The van der Waals surface area contributed by atoms with Gasteiger partial charge in [-0.1, -0.05) is 0 Å². The van der Waals surface area contributed by atoms with Crippen molar-refractivity contribution in [3.63, 3.8) is 0 Å². The number of hydrogen-bond acceptors (Lipinski definition) is 4. The third-order valence-electron chi connectivity index (χ3n) is 2.57. The molecule has 0 aromatic carbocycles. The smallest absolute Gasteiger partial charge is 0.434 e. The second-order valence-electron chi connectivity index (χ2n) is 3.70. The van der Waals surface area contributed by atoms with Crippen molar-refractivity contribution in [3.05, 3.63) is 11.1 Å². The van der Waals surface area contributed by atoms with Gasteiger partial charge >= 0.3 is 12.1 Å². The van der Waals surface area contributed by atoms with E-state index in [-0.39, 0.29) is 5.13 Å². The zero-order chi connectivity index (χ0) is 12.6. The molecule has 1 aromatic rings. The van der Waals surface area contributed by atoms with Crippen LogP contribution in [0.1, 0.15) is 18.5 Å². The van der Waals surface area contributed by atoms with Crippen molar-refractivity contribution in [3.8, 4) is 0 Å². The fourth-order valence-electron chi connectivity index (χ4n) is 1.78. The fraction of sp³-hybridized carbons (Fsp3) is 0.556. The molecule has 8 heteroatoms. The molecule has 0 radical (unpaired) electrons. The van der Waals surface area contributed by atoms with Gasteiger partial charge in [0.05, 0.1) is 0 Å². The summed E-state index contributed by atoms with van der Waals surface area (Å²) in [5.74, 6) is -1.02. The molecule has 1 saturated heterocycles. The Labute approximate surface area is 98.7 Å². The van der Waals surface area contributed by atoms with Crippen molar-refractivity contribution in [2.75, 3.05) is 11.4 Å². The molecular formula is C9H9F3N2O2S. The minimum absolute atomic E-state index is 0.127. The predicted octanol–water partition coefficient (Wildman–Crippen LogP) is 2.22. The lowest BCUT2D eigenvalue weighted by Crippen LogP contribution is -2.35. The van der Waals surface area contributed by atoms with Gasteiger partial charge in [-0.15, -0.1) is 11.3 Å². The lowest BCUT2D eigenvalue weighted by Gasteiger charge is -2.19. The zero-order valence-corrected chi connectivity index (χ0v) is 9.38. The van der Waals surface area contributed by atoms with Gasteiger partial charge in [-0.3, -0.25) is 0 Å². The van der Waals surface area contributed by atoms with Crippen molar-refractivity contribution >= 4 is 22.4 Å². The maximum atomic E-state index is 12.4. The number of hydrogen-bond donors (Lipinski definition) is 1. The number of aliphatic carboxylic acids is 1. The molecule has 0 unspecified atom stereocenters. The highest BCUT2D eigenvalue weighted by Gasteiger charge is 2.37. The van der Waals surface area contributed by atoms with Gasteiger partial charge in [-0.25, -0.2) is 9.78 Å². The Morgan fingerprint density at radius 2 is 2.29 bits per heavy atom. The Bertz CT molecular complexity index is 432. The maximum Gasteiger partial charge on any atom is 0.434 e. The SMILES string of the molecule is O=C(O)[C@H]1CCCN1c1nc(C(F)(F)F)cs1. The number of halogens is 3. The average Bonchev–Trinajstić information content (AvgIpc) is 2.85. The molecule has 4 nitrogen and oxygen atoms in total. The van der Waals surface area contributed by atoms with E-state index < -0.39 is 23.9 Å². The highest BCUT2D eigenvalue weighted by atomic mass is 32.1. The minimum atomic E-state index is -4.48. The molecule has 0 saturated carbocycles. The van der Waals surface area contributed by atoms with Gasteiger partial charge in [0.2, 0.25) is 0 Å². The van der Waals surface area contributed by atoms with E-state index in [2.05, 4.69) is 4.98 Å². The average molecular weight is 266 g/mol. The van der Waals surface area contributed by atoms with Crippen LogP contribution in [0.15, 0.2) is 5.38 Å². The highest BCUT2D eigenvalue weighted by Crippen LogP contribution is 2.35. The number of alkyl halides is 3. The van der Waals surface area contributed by atoms with Gasteiger partial charge in [-0.05, 0) is 12.8 Å². The van der Waals surface area contributed by atoms with Gasteiger partial charge in [0, 0.05) is 11.9 Å². The molecule has 0 amide bonds. The summed E-state index contributed by atoms with van der Waals surface area (Å²) in [5.41, 5.74) is -0.964. The van der Waals surface area contributed by atoms with Crippen molar-refractivity contribution < 1.29 is 23.1 Å². The summed E-state index contributed by atoms with van der Waals surface area (Å²) in [6.45, 7) is 0.432. The van der Waals surface area contributed by atoms with Crippen LogP contribution in [0.2, 0.25) is 0 Å².